The van der Waals surface area contributed by atoms with Crippen molar-refractivity contribution in [3.05, 3.63) is 24.3 Å². The molecule has 1 saturated heterocycles. The van der Waals surface area contributed by atoms with Gasteiger partial charge in [0.1, 0.15) is 0 Å². The summed E-state index contributed by atoms with van der Waals surface area (Å²) in [5.41, 5.74) is 0.655. The number of urea groups is 1. The van der Waals surface area contributed by atoms with Crippen LogP contribution in [0, 0.1) is 0 Å². The van der Waals surface area contributed by atoms with Gasteiger partial charge in [-0.15, -0.1) is 0 Å². The SMILES string of the molecule is O=C1CCN(c2ccc(SF)cc2)C(=O)N1. The third-order valence-electron chi connectivity index (χ3n) is 2.29. The first-order chi connectivity index (χ1) is 7.70. The molecule has 4 nitrogen and oxygen atoms in total. The molecule has 0 bridgehead atoms. The van der Waals surface area contributed by atoms with Gasteiger partial charge in [-0.1, -0.05) is 0 Å². The minimum atomic E-state index is -0.433. The first-order valence-corrected chi connectivity index (χ1v) is 5.42. The summed E-state index contributed by atoms with van der Waals surface area (Å²) in [5.74, 6) is -0.266. The molecule has 0 spiro atoms. The van der Waals surface area contributed by atoms with Gasteiger partial charge in [0.25, 0.3) is 0 Å². The van der Waals surface area contributed by atoms with Gasteiger partial charge in [0.05, 0.1) is 12.1 Å². The lowest BCUT2D eigenvalue weighted by Crippen LogP contribution is -2.49. The van der Waals surface area contributed by atoms with Crippen molar-refractivity contribution >= 4 is 29.8 Å². The summed E-state index contributed by atoms with van der Waals surface area (Å²) >= 11 is 0.152. The van der Waals surface area contributed by atoms with Crippen molar-refractivity contribution in [3.8, 4) is 0 Å². The topological polar surface area (TPSA) is 49.4 Å². The van der Waals surface area contributed by atoms with Gasteiger partial charge < -0.3 is 0 Å². The predicted octanol–water partition coefficient (Wildman–Crippen LogP) is 2.11. The van der Waals surface area contributed by atoms with E-state index in [9.17, 15) is 13.5 Å². The van der Waals surface area contributed by atoms with Gasteiger partial charge in [0.15, 0.2) is 0 Å². The lowest BCUT2D eigenvalue weighted by Gasteiger charge is -2.26. The van der Waals surface area contributed by atoms with Crippen LogP contribution in [-0.4, -0.2) is 18.5 Å². The van der Waals surface area contributed by atoms with Gasteiger partial charge in [-0.3, -0.25) is 15.0 Å². The molecule has 0 aromatic heterocycles. The van der Waals surface area contributed by atoms with Crippen molar-refractivity contribution in [3.63, 3.8) is 0 Å². The molecule has 3 amide bonds. The molecule has 0 radical (unpaired) electrons. The number of amides is 3. The number of anilines is 1. The molecule has 0 saturated carbocycles. The summed E-state index contributed by atoms with van der Waals surface area (Å²) in [6.07, 6.45) is 0.283. The molecule has 84 valence electrons. The number of hydrogen-bond acceptors (Lipinski definition) is 3. The first kappa shape index (κ1) is 10.9. The number of hydrogen-bond donors (Lipinski definition) is 1. The van der Waals surface area contributed by atoms with Crippen molar-refractivity contribution in [1.82, 2.24) is 5.32 Å². The number of benzene rings is 1. The van der Waals surface area contributed by atoms with Crippen LogP contribution in [-0.2, 0) is 4.79 Å². The second-order valence-electron chi connectivity index (χ2n) is 3.33. The average Bonchev–Trinajstić information content (AvgIpc) is 2.29. The van der Waals surface area contributed by atoms with Crippen LogP contribution in [0.2, 0.25) is 0 Å². The number of carbonyl (C=O) groups excluding carboxylic acids is 2. The number of nitrogens with one attached hydrogen (secondary N) is 1. The second-order valence-corrected chi connectivity index (χ2v) is 3.95. The van der Waals surface area contributed by atoms with Crippen molar-refractivity contribution in [2.24, 2.45) is 0 Å². The Kier molecular flexibility index (Phi) is 3.09. The molecule has 0 unspecified atom stereocenters. The van der Waals surface area contributed by atoms with Gasteiger partial charge in [-0.05, 0) is 24.3 Å². The summed E-state index contributed by atoms with van der Waals surface area (Å²) in [6, 6.07) is 6.04. The van der Waals surface area contributed by atoms with Gasteiger partial charge in [-0.2, -0.15) is 3.89 Å². The average molecular weight is 240 g/mol. The standard InChI is InChI=1S/C10H9FN2O2S/c11-16-8-3-1-7(2-4-8)13-6-5-9(14)12-10(13)15/h1-4H,5-6H2,(H,12,14,15). The van der Waals surface area contributed by atoms with Crippen LogP contribution < -0.4 is 10.2 Å². The van der Waals surface area contributed by atoms with Crippen LogP contribution in [0.1, 0.15) is 6.42 Å². The monoisotopic (exact) mass is 240 g/mol. The largest absolute Gasteiger partial charge is 0.328 e. The lowest BCUT2D eigenvalue weighted by molar-refractivity contribution is -0.120. The molecule has 0 atom stereocenters. The van der Waals surface area contributed by atoms with E-state index in [1.54, 1.807) is 24.3 Å². The zero-order valence-electron chi connectivity index (χ0n) is 8.27. The summed E-state index contributed by atoms with van der Waals surface area (Å²) in [4.78, 5) is 24.3. The van der Waals surface area contributed by atoms with E-state index in [0.29, 0.717) is 17.1 Å². The smallest absolute Gasteiger partial charge is 0.294 e. The molecule has 6 heteroatoms. The Morgan fingerprint density at radius 1 is 1.25 bits per heavy atom. The van der Waals surface area contributed by atoms with E-state index in [4.69, 9.17) is 0 Å². The Morgan fingerprint density at radius 3 is 2.50 bits per heavy atom. The number of halogens is 1. The summed E-state index contributed by atoms with van der Waals surface area (Å²) in [6.45, 7) is 0.354. The molecule has 1 fully saturated rings. The number of nitrogens with zero attached hydrogens (tertiary/aromatic N) is 1. The maximum Gasteiger partial charge on any atom is 0.328 e. The van der Waals surface area contributed by atoms with Gasteiger partial charge in [0, 0.05) is 23.5 Å². The molecule has 0 aliphatic carbocycles. The summed E-state index contributed by atoms with van der Waals surface area (Å²) in [5, 5.41) is 2.23. The molecule has 16 heavy (non-hydrogen) atoms. The van der Waals surface area contributed by atoms with E-state index in [1.165, 1.54) is 4.90 Å². The molecule has 1 heterocycles. The quantitative estimate of drug-likeness (QED) is 0.861. The fraction of sp³-hybridized carbons (Fsp3) is 0.200. The highest BCUT2D eigenvalue weighted by Crippen LogP contribution is 2.23. The van der Waals surface area contributed by atoms with Crippen molar-refractivity contribution < 1.29 is 13.5 Å². The third-order valence-corrected chi connectivity index (χ3v) is 2.74. The van der Waals surface area contributed by atoms with E-state index in [0.717, 1.165) is 0 Å². The normalized spacial score (nSPS) is 16.2. The summed E-state index contributed by atoms with van der Waals surface area (Å²) in [7, 11) is 0. The van der Waals surface area contributed by atoms with Crippen molar-refractivity contribution in [2.45, 2.75) is 11.3 Å². The Labute approximate surface area is 96.1 Å². The Bertz CT molecular complexity index is 421. The zero-order valence-corrected chi connectivity index (χ0v) is 9.09. The molecule has 1 aromatic rings. The highest BCUT2D eigenvalue weighted by atomic mass is 32.2. The van der Waals surface area contributed by atoms with E-state index in [-0.39, 0.29) is 24.5 Å². The van der Waals surface area contributed by atoms with Crippen LogP contribution in [0.15, 0.2) is 29.2 Å². The number of imide groups is 1. The Hall–Kier alpha value is -1.56. The van der Waals surface area contributed by atoms with Crippen molar-refractivity contribution in [1.29, 1.82) is 0 Å². The second kappa shape index (κ2) is 4.52. The molecule has 2 rings (SSSR count). The Balaban J connectivity index is 2.17. The molecular weight excluding hydrogens is 231 g/mol. The van der Waals surface area contributed by atoms with Gasteiger partial charge >= 0.3 is 6.03 Å². The molecular formula is C10H9FN2O2S. The molecule has 1 aliphatic rings. The maximum absolute atomic E-state index is 12.2. The van der Waals surface area contributed by atoms with Crippen molar-refractivity contribution in [2.75, 3.05) is 11.4 Å². The van der Waals surface area contributed by atoms with Crippen LogP contribution in [0.25, 0.3) is 0 Å². The zero-order chi connectivity index (χ0) is 11.5. The fourth-order valence-electron chi connectivity index (χ4n) is 1.49. The van der Waals surface area contributed by atoms with E-state index >= 15 is 0 Å². The maximum atomic E-state index is 12.2. The predicted molar refractivity (Wildman–Crippen MR) is 58.9 cm³/mol. The number of rotatable bonds is 2. The van der Waals surface area contributed by atoms with Crippen LogP contribution >= 0.6 is 12.1 Å². The Morgan fingerprint density at radius 2 is 1.94 bits per heavy atom. The van der Waals surface area contributed by atoms with E-state index in [2.05, 4.69) is 5.32 Å². The van der Waals surface area contributed by atoms with Gasteiger partial charge in [-0.25, -0.2) is 4.79 Å². The lowest BCUT2D eigenvalue weighted by atomic mass is 10.2. The fourth-order valence-corrected chi connectivity index (χ4v) is 1.73. The number of carbonyl (C=O) groups is 2. The van der Waals surface area contributed by atoms with E-state index < -0.39 is 6.03 Å². The van der Waals surface area contributed by atoms with Crippen LogP contribution in [0.3, 0.4) is 0 Å². The minimum absolute atomic E-state index is 0.152. The van der Waals surface area contributed by atoms with Crippen LogP contribution in [0.5, 0.6) is 0 Å². The third kappa shape index (κ3) is 2.16. The minimum Gasteiger partial charge on any atom is -0.294 e. The first-order valence-electron chi connectivity index (χ1n) is 4.71. The highest BCUT2D eigenvalue weighted by molar-refractivity contribution is 7.94. The summed E-state index contributed by atoms with van der Waals surface area (Å²) < 4.78 is 12.2. The molecule has 1 N–H and O–H groups in total. The highest BCUT2D eigenvalue weighted by Gasteiger charge is 2.23. The molecule has 1 aromatic carbocycles. The molecule has 1 aliphatic heterocycles. The van der Waals surface area contributed by atoms with Crippen LogP contribution in [0.4, 0.5) is 14.4 Å². The van der Waals surface area contributed by atoms with Gasteiger partial charge in [0.2, 0.25) is 5.91 Å². The van der Waals surface area contributed by atoms with E-state index in [1.807, 2.05) is 0 Å².